The molecule has 3 atom stereocenters. The van der Waals surface area contributed by atoms with Crippen molar-refractivity contribution in [2.45, 2.75) is 42.7 Å². The van der Waals surface area contributed by atoms with Crippen LogP contribution in [0.3, 0.4) is 0 Å². The third-order valence-corrected chi connectivity index (χ3v) is 7.52. The minimum atomic E-state index is -3.78. The number of ether oxygens (including phenoxy) is 1. The highest BCUT2D eigenvalue weighted by atomic mass is 32.2. The lowest BCUT2D eigenvalue weighted by molar-refractivity contribution is -0.130. The zero-order chi connectivity index (χ0) is 22.8. The molecule has 2 aliphatic rings. The van der Waals surface area contributed by atoms with E-state index in [2.05, 4.69) is 10.6 Å². The third kappa shape index (κ3) is 4.61. The van der Waals surface area contributed by atoms with Crippen LogP contribution >= 0.6 is 0 Å². The quantitative estimate of drug-likeness (QED) is 0.601. The highest BCUT2D eigenvalue weighted by Crippen LogP contribution is 2.37. The van der Waals surface area contributed by atoms with Crippen molar-refractivity contribution in [3.05, 3.63) is 60.1 Å². The van der Waals surface area contributed by atoms with Crippen LogP contribution in [0.25, 0.3) is 0 Å². The molecule has 4 rings (SSSR count). The molecule has 1 aromatic carbocycles. The zero-order valence-electron chi connectivity index (χ0n) is 17.3. The third-order valence-electron chi connectivity index (χ3n) is 5.90. The molecule has 2 fully saturated rings. The number of hydrogen-bond acceptors (Lipinski definition) is 7. The van der Waals surface area contributed by atoms with Crippen LogP contribution in [0.2, 0.25) is 0 Å². The van der Waals surface area contributed by atoms with E-state index in [1.807, 2.05) is 0 Å². The predicted molar refractivity (Wildman–Crippen MR) is 113 cm³/mol. The molecule has 0 radical (unpaired) electrons. The van der Waals surface area contributed by atoms with Gasteiger partial charge < -0.3 is 19.8 Å². The maximum absolute atomic E-state index is 13.2. The van der Waals surface area contributed by atoms with E-state index in [0.29, 0.717) is 24.8 Å². The number of Topliss-reactive ketones (excluding diaryl/α,β-unsaturated/α-hetero) is 1. The Bertz CT molecular complexity index is 1100. The molecular formula is C22H24N2O7S. The topological polar surface area (TPSA) is 132 Å². The normalized spacial score (nSPS) is 23.5. The van der Waals surface area contributed by atoms with E-state index in [9.17, 15) is 22.8 Å². The maximum atomic E-state index is 13.2. The van der Waals surface area contributed by atoms with Crippen LogP contribution in [-0.4, -0.2) is 56.1 Å². The number of ketones is 1. The first-order valence-electron chi connectivity index (χ1n) is 10.3. The van der Waals surface area contributed by atoms with Crippen molar-refractivity contribution in [3.8, 4) is 0 Å². The van der Waals surface area contributed by atoms with Gasteiger partial charge in [0.05, 0.1) is 29.4 Å². The molecule has 10 heteroatoms. The Morgan fingerprint density at radius 1 is 1.19 bits per heavy atom. The summed E-state index contributed by atoms with van der Waals surface area (Å²) >= 11 is 0. The van der Waals surface area contributed by atoms with Gasteiger partial charge in [-0.15, -0.1) is 0 Å². The number of hydrogen-bond donors (Lipinski definition) is 2. The minimum Gasteiger partial charge on any atom is -0.472 e. The molecule has 2 amide bonds. The summed E-state index contributed by atoms with van der Waals surface area (Å²) in [5, 5.41) is 5.21. The molecule has 0 spiro atoms. The fourth-order valence-electron chi connectivity index (χ4n) is 4.30. The van der Waals surface area contributed by atoms with Gasteiger partial charge in [-0.25, -0.2) is 8.42 Å². The van der Waals surface area contributed by atoms with E-state index in [4.69, 9.17) is 9.15 Å². The van der Waals surface area contributed by atoms with Crippen molar-refractivity contribution in [2.75, 3.05) is 12.4 Å². The second-order valence-corrected chi connectivity index (χ2v) is 10.3. The number of benzene rings is 1. The maximum Gasteiger partial charge on any atom is 0.255 e. The van der Waals surface area contributed by atoms with Crippen LogP contribution in [-0.2, 0) is 29.9 Å². The van der Waals surface area contributed by atoms with Crippen LogP contribution in [0.5, 0.6) is 0 Å². The van der Waals surface area contributed by atoms with Gasteiger partial charge in [0, 0.05) is 0 Å². The van der Waals surface area contributed by atoms with Gasteiger partial charge in [0.25, 0.3) is 5.91 Å². The van der Waals surface area contributed by atoms with Crippen molar-refractivity contribution in [2.24, 2.45) is 0 Å². The molecule has 32 heavy (non-hydrogen) atoms. The van der Waals surface area contributed by atoms with Crippen LogP contribution in [0, 0.1) is 0 Å². The van der Waals surface area contributed by atoms with Gasteiger partial charge in [0.2, 0.25) is 5.91 Å². The molecule has 170 valence electrons. The van der Waals surface area contributed by atoms with E-state index in [0.717, 1.165) is 0 Å². The molecule has 9 nitrogen and oxygen atoms in total. The van der Waals surface area contributed by atoms with Gasteiger partial charge in [0.15, 0.2) is 15.6 Å². The molecule has 1 aliphatic heterocycles. The molecule has 1 aliphatic carbocycles. The number of rotatable bonds is 8. The molecular weight excluding hydrogens is 436 g/mol. The summed E-state index contributed by atoms with van der Waals surface area (Å²) in [6, 6.07) is 8.58. The average Bonchev–Trinajstić information content (AvgIpc) is 3.47. The predicted octanol–water partition coefficient (Wildman–Crippen LogP) is 1.000. The van der Waals surface area contributed by atoms with Gasteiger partial charge in [-0.3, -0.25) is 14.4 Å². The number of nitrogens with one attached hydrogen (secondary N) is 2. The fourth-order valence-corrected chi connectivity index (χ4v) is 5.86. The van der Waals surface area contributed by atoms with Crippen LogP contribution in [0.4, 0.5) is 0 Å². The molecule has 2 N–H and O–H groups in total. The van der Waals surface area contributed by atoms with E-state index < -0.39 is 45.1 Å². The lowest BCUT2D eigenvalue weighted by atomic mass is 9.92. The van der Waals surface area contributed by atoms with E-state index in [-0.39, 0.29) is 23.7 Å². The van der Waals surface area contributed by atoms with Gasteiger partial charge in [-0.05, 0) is 30.9 Å². The van der Waals surface area contributed by atoms with Crippen LogP contribution < -0.4 is 10.6 Å². The van der Waals surface area contributed by atoms with Gasteiger partial charge in [-0.1, -0.05) is 30.3 Å². The second-order valence-electron chi connectivity index (χ2n) is 8.15. The monoisotopic (exact) mass is 460 g/mol. The Hall–Kier alpha value is -2.98. The van der Waals surface area contributed by atoms with Crippen LogP contribution in [0.15, 0.2) is 53.3 Å². The Balaban J connectivity index is 1.55. The number of carbonyl (C=O) groups excluding carboxylic acids is 3. The summed E-state index contributed by atoms with van der Waals surface area (Å²) in [5.74, 6) is -2.52. The molecule has 2 aromatic rings. The fraction of sp³-hybridized carbons (Fsp3) is 0.409. The zero-order valence-corrected chi connectivity index (χ0v) is 18.1. The highest BCUT2D eigenvalue weighted by Gasteiger charge is 2.55. The van der Waals surface area contributed by atoms with Crippen molar-refractivity contribution < 1.29 is 32.0 Å². The Morgan fingerprint density at radius 2 is 1.97 bits per heavy atom. The summed E-state index contributed by atoms with van der Waals surface area (Å²) in [5.41, 5.74) is -0.444. The number of amides is 2. The Labute approximate surface area is 185 Å². The highest BCUT2D eigenvalue weighted by molar-refractivity contribution is 7.90. The smallest absolute Gasteiger partial charge is 0.255 e. The van der Waals surface area contributed by atoms with Gasteiger partial charge in [-0.2, -0.15) is 0 Å². The van der Waals surface area contributed by atoms with Crippen molar-refractivity contribution >= 4 is 27.4 Å². The SMILES string of the molecule is O=C(NC(CS(=O)(=O)Cc1ccccc1)C(=O)NC12CCCC1OCC2=O)c1ccoc1. The van der Waals surface area contributed by atoms with Gasteiger partial charge in [0.1, 0.15) is 24.5 Å². The molecule has 1 saturated carbocycles. The minimum absolute atomic E-state index is 0.0940. The molecule has 1 aromatic heterocycles. The summed E-state index contributed by atoms with van der Waals surface area (Å²) < 4.78 is 36.1. The second kappa shape index (κ2) is 8.87. The van der Waals surface area contributed by atoms with E-state index in [1.165, 1.54) is 18.6 Å². The van der Waals surface area contributed by atoms with Gasteiger partial charge >= 0.3 is 0 Å². The molecule has 2 heterocycles. The van der Waals surface area contributed by atoms with E-state index in [1.54, 1.807) is 30.3 Å². The van der Waals surface area contributed by atoms with Crippen molar-refractivity contribution in [1.29, 1.82) is 0 Å². The first kappa shape index (κ1) is 22.2. The average molecular weight is 461 g/mol. The largest absolute Gasteiger partial charge is 0.472 e. The van der Waals surface area contributed by atoms with Crippen molar-refractivity contribution in [1.82, 2.24) is 10.6 Å². The van der Waals surface area contributed by atoms with E-state index >= 15 is 0 Å². The Morgan fingerprint density at radius 3 is 2.69 bits per heavy atom. The number of fused-ring (bicyclic) bond motifs is 1. The number of furan rings is 1. The number of sulfone groups is 1. The lowest BCUT2D eigenvalue weighted by Crippen LogP contribution is -2.61. The first-order valence-corrected chi connectivity index (χ1v) is 12.2. The summed E-state index contributed by atoms with van der Waals surface area (Å²) in [6.45, 7) is -0.0940. The summed E-state index contributed by atoms with van der Waals surface area (Å²) in [4.78, 5) is 38.3. The first-order chi connectivity index (χ1) is 15.3. The molecule has 3 unspecified atom stereocenters. The van der Waals surface area contributed by atoms with Crippen LogP contribution in [0.1, 0.15) is 35.2 Å². The molecule has 0 bridgehead atoms. The lowest BCUT2D eigenvalue weighted by Gasteiger charge is -2.30. The van der Waals surface area contributed by atoms with Crippen molar-refractivity contribution in [3.63, 3.8) is 0 Å². The summed E-state index contributed by atoms with van der Waals surface area (Å²) in [7, 11) is -3.78. The summed E-state index contributed by atoms with van der Waals surface area (Å²) in [6.07, 6.45) is 3.81. The Kier molecular flexibility index (Phi) is 6.16. The molecule has 1 saturated heterocycles. The number of carbonyl (C=O) groups is 3. The standard InChI is InChI=1S/C22H24N2O7S/c25-18-12-31-19-7-4-9-22(18,19)24-21(27)17(23-20(26)16-8-10-30-11-16)14-32(28,29)13-15-5-2-1-3-6-15/h1-3,5-6,8,10-11,17,19H,4,7,9,12-14H2,(H,23,26)(H,24,27).